The van der Waals surface area contributed by atoms with E-state index in [1.54, 1.807) is 0 Å². The molecule has 0 radical (unpaired) electrons. The highest BCUT2D eigenvalue weighted by Gasteiger charge is 2.21. The number of hydrogen-bond donors (Lipinski definition) is 1. The van der Waals surface area contributed by atoms with E-state index in [4.69, 9.17) is 28.3 Å². The third-order valence-corrected chi connectivity index (χ3v) is 2.32. The quantitative estimate of drug-likeness (QED) is 0.397. The smallest absolute Gasteiger partial charge is 0.311 e. The van der Waals surface area contributed by atoms with Gasteiger partial charge >= 0.3 is 5.97 Å². The van der Waals surface area contributed by atoms with Crippen molar-refractivity contribution in [1.82, 2.24) is 0 Å². The van der Waals surface area contributed by atoms with Crippen molar-refractivity contribution in [3.63, 3.8) is 0 Å². The summed E-state index contributed by atoms with van der Waals surface area (Å²) in [6.45, 7) is 0. The molecule has 0 fully saturated rings. The van der Waals surface area contributed by atoms with Crippen LogP contribution in [0.25, 0.3) is 0 Å². The maximum atomic E-state index is 13.3. The maximum Gasteiger partial charge on any atom is 0.311 e. The molecule has 7 heteroatoms. The monoisotopic (exact) mass is 268 g/mol. The molecule has 0 amide bonds. The first-order chi connectivity index (χ1) is 7.34. The zero-order valence-electron chi connectivity index (χ0n) is 7.56. The Hall–Kier alpha value is -1.20. The van der Waals surface area contributed by atoms with Crippen molar-refractivity contribution in [2.45, 2.75) is 6.42 Å². The standard InChI is InChI=1S/C9H4Cl2F2O3/c10-4-1-3(5(14)2-6(15)16)8(12)7(11)9(4)13/h1H,2H2,(H,15,16). The molecule has 1 rings (SSSR count). The lowest BCUT2D eigenvalue weighted by Crippen LogP contribution is -2.10. The van der Waals surface area contributed by atoms with Gasteiger partial charge in [-0.25, -0.2) is 8.78 Å². The summed E-state index contributed by atoms with van der Waals surface area (Å²) in [5.41, 5.74) is -0.640. The van der Waals surface area contributed by atoms with E-state index in [9.17, 15) is 18.4 Å². The molecule has 0 saturated heterocycles. The van der Waals surface area contributed by atoms with Crippen LogP contribution in [0, 0.1) is 11.6 Å². The van der Waals surface area contributed by atoms with Gasteiger partial charge in [-0.2, -0.15) is 0 Å². The number of halogens is 4. The molecule has 0 aromatic heterocycles. The summed E-state index contributed by atoms with van der Waals surface area (Å²) in [4.78, 5) is 21.5. The number of carbonyl (C=O) groups excluding carboxylic acids is 1. The fraction of sp³-hybridized carbons (Fsp3) is 0.111. The lowest BCUT2D eigenvalue weighted by atomic mass is 10.1. The Balaban J connectivity index is 3.25. The van der Waals surface area contributed by atoms with Gasteiger partial charge in [0.1, 0.15) is 11.4 Å². The zero-order chi connectivity index (χ0) is 12.5. The van der Waals surface area contributed by atoms with E-state index in [2.05, 4.69) is 0 Å². The summed E-state index contributed by atoms with van der Waals surface area (Å²) in [6.07, 6.45) is -0.921. The number of aliphatic carboxylic acids is 1. The highest BCUT2D eigenvalue weighted by Crippen LogP contribution is 2.29. The number of Topliss-reactive ketones (excluding diaryl/α,β-unsaturated/α-hetero) is 1. The molecule has 0 spiro atoms. The minimum Gasteiger partial charge on any atom is -0.481 e. The van der Waals surface area contributed by atoms with Gasteiger partial charge in [-0.15, -0.1) is 0 Å². The van der Waals surface area contributed by atoms with Crippen LogP contribution < -0.4 is 0 Å². The van der Waals surface area contributed by atoms with Gasteiger partial charge < -0.3 is 5.11 Å². The Morgan fingerprint density at radius 3 is 2.31 bits per heavy atom. The second-order valence-corrected chi connectivity index (χ2v) is 3.63. The minimum absolute atomic E-state index is 0.542. The summed E-state index contributed by atoms with van der Waals surface area (Å²) in [6, 6.07) is 0.712. The van der Waals surface area contributed by atoms with Gasteiger partial charge in [0, 0.05) is 0 Å². The molecule has 0 heterocycles. The van der Waals surface area contributed by atoms with Crippen LogP contribution in [0.3, 0.4) is 0 Å². The topological polar surface area (TPSA) is 54.4 Å². The van der Waals surface area contributed by atoms with Gasteiger partial charge in [0.05, 0.1) is 10.6 Å². The van der Waals surface area contributed by atoms with Crippen LogP contribution in [-0.4, -0.2) is 16.9 Å². The second-order valence-electron chi connectivity index (χ2n) is 2.84. The highest BCUT2D eigenvalue weighted by atomic mass is 35.5. The van der Waals surface area contributed by atoms with Gasteiger partial charge in [-0.05, 0) is 6.07 Å². The van der Waals surface area contributed by atoms with E-state index in [-0.39, 0.29) is 0 Å². The van der Waals surface area contributed by atoms with Crippen molar-refractivity contribution in [1.29, 1.82) is 0 Å². The third kappa shape index (κ3) is 2.48. The van der Waals surface area contributed by atoms with Crippen LogP contribution in [-0.2, 0) is 4.79 Å². The van der Waals surface area contributed by atoms with E-state index in [1.807, 2.05) is 0 Å². The first kappa shape index (κ1) is 12.9. The van der Waals surface area contributed by atoms with Gasteiger partial charge in [-0.1, -0.05) is 23.2 Å². The predicted octanol–water partition coefficient (Wildman–Crippen LogP) is 2.93. The molecule has 0 aliphatic carbocycles. The van der Waals surface area contributed by atoms with Crippen LogP contribution in [0.5, 0.6) is 0 Å². The van der Waals surface area contributed by atoms with Crippen LogP contribution >= 0.6 is 23.2 Å². The average molecular weight is 269 g/mol. The number of benzene rings is 1. The number of carboxylic acids is 1. The molecule has 1 aromatic rings. The lowest BCUT2D eigenvalue weighted by Gasteiger charge is -2.05. The number of carboxylic acid groups (broad SMARTS) is 1. The van der Waals surface area contributed by atoms with Crippen LogP contribution in [0.4, 0.5) is 8.78 Å². The van der Waals surface area contributed by atoms with Crippen molar-refractivity contribution in [2.75, 3.05) is 0 Å². The predicted molar refractivity (Wildman–Crippen MR) is 53.0 cm³/mol. The minimum atomic E-state index is -1.43. The normalized spacial score (nSPS) is 10.2. The summed E-state index contributed by atoms with van der Waals surface area (Å²) in [7, 11) is 0. The molecule has 16 heavy (non-hydrogen) atoms. The Morgan fingerprint density at radius 2 is 1.81 bits per heavy atom. The molecule has 0 aliphatic heterocycles. The SMILES string of the molecule is O=C(O)CC(=O)c1cc(Cl)c(F)c(Cl)c1F. The average Bonchev–Trinajstić information content (AvgIpc) is 2.19. The van der Waals surface area contributed by atoms with Crippen molar-refractivity contribution in [3.05, 3.63) is 33.3 Å². The number of hydrogen-bond acceptors (Lipinski definition) is 2. The first-order valence-corrected chi connectivity index (χ1v) is 4.68. The molecule has 0 aliphatic rings. The van der Waals surface area contributed by atoms with E-state index in [0.29, 0.717) is 6.07 Å². The van der Waals surface area contributed by atoms with Crippen molar-refractivity contribution in [2.24, 2.45) is 0 Å². The molecule has 0 atom stereocenters. The summed E-state index contributed by atoms with van der Waals surface area (Å²) in [5, 5.41) is 6.88. The molecule has 86 valence electrons. The van der Waals surface area contributed by atoms with Gasteiger partial charge in [-0.3, -0.25) is 9.59 Å². The van der Waals surface area contributed by atoms with Crippen LogP contribution in [0.15, 0.2) is 6.07 Å². The molecular weight excluding hydrogens is 265 g/mol. The fourth-order valence-electron chi connectivity index (χ4n) is 1.01. The molecule has 0 saturated carbocycles. The Bertz CT molecular complexity index is 474. The summed E-state index contributed by atoms with van der Waals surface area (Å²) in [5.74, 6) is -4.96. The zero-order valence-corrected chi connectivity index (χ0v) is 9.07. The summed E-state index contributed by atoms with van der Waals surface area (Å²) >= 11 is 10.6. The summed E-state index contributed by atoms with van der Waals surface area (Å²) < 4.78 is 26.3. The molecule has 1 N–H and O–H groups in total. The van der Waals surface area contributed by atoms with Crippen molar-refractivity contribution in [3.8, 4) is 0 Å². The number of rotatable bonds is 3. The Morgan fingerprint density at radius 1 is 1.25 bits per heavy atom. The highest BCUT2D eigenvalue weighted by molar-refractivity contribution is 6.35. The van der Waals surface area contributed by atoms with E-state index >= 15 is 0 Å². The lowest BCUT2D eigenvalue weighted by molar-refractivity contribution is -0.135. The number of carbonyl (C=O) groups is 2. The van der Waals surface area contributed by atoms with Gasteiger partial charge in [0.15, 0.2) is 17.4 Å². The molecule has 1 aromatic carbocycles. The molecular formula is C9H4Cl2F2O3. The van der Waals surface area contributed by atoms with Crippen LogP contribution in [0.2, 0.25) is 10.0 Å². The van der Waals surface area contributed by atoms with Crippen molar-refractivity contribution < 1.29 is 23.5 Å². The van der Waals surface area contributed by atoms with Gasteiger partial charge in [0.2, 0.25) is 0 Å². The first-order valence-electron chi connectivity index (χ1n) is 3.92. The molecule has 3 nitrogen and oxygen atoms in total. The van der Waals surface area contributed by atoms with E-state index in [0.717, 1.165) is 0 Å². The van der Waals surface area contributed by atoms with Crippen molar-refractivity contribution >= 4 is 35.0 Å². The van der Waals surface area contributed by atoms with Crippen LogP contribution in [0.1, 0.15) is 16.8 Å². The second kappa shape index (κ2) is 4.76. The fourth-order valence-corrected chi connectivity index (χ4v) is 1.46. The van der Waals surface area contributed by atoms with E-state index < -0.39 is 45.4 Å². The number of ketones is 1. The van der Waals surface area contributed by atoms with E-state index in [1.165, 1.54) is 0 Å². The molecule has 0 unspecified atom stereocenters. The molecule has 0 bridgehead atoms. The Kier molecular flexibility index (Phi) is 3.83. The largest absolute Gasteiger partial charge is 0.481 e. The van der Waals surface area contributed by atoms with Gasteiger partial charge in [0.25, 0.3) is 0 Å². The Labute approximate surface area is 98.6 Å². The maximum absolute atomic E-state index is 13.3. The third-order valence-electron chi connectivity index (χ3n) is 1.71.